The largest absolute Gasteiger partial charge is 0.506 e. The summed E-state index contributed by atoms with van der Waals surface area (Å²) in [6.45, 7) is 1.93. The summed E-state index contributed by atoms with van der Waals surface area (Å²) in [6.07, 6.45) is 0. The van der Waals surface area contributed by atoms with Gasteiger partial charge in [0.15, 0.2) is 5.52 Å². The molecule has 0 aliphatic carbocycles. The van der Waals surface area contributed by atoms with Crippen LogP contribution in [-0.2, 0) is 0 Å². The number of aryl methyl sites for hydroxylation is 1. The molecule has 2 N–H and O–H groups in total. The van der Waals surface area contributed by atoms with Gasteiger partial charge in [-0.2, -0.15) is 0 Å². The number of rotatable bonds is 0. The maximum atomic E-state index is 9.26. The highest BCUT2D eigenvalue weighted by Crippen LogP contribution is 2.22. The average Bonchev–Trinajstić information content (AvgIpc) is 2.45. The van der Waals surface area contributed by atoms with Crippen LogP contribution in [0.3, 0.4) is 0 Å². The van der Waals surface area contributed by atoms with Crippen LogP contribution in [0.1, 0.15) is 5.56 Å². The van der Waals surface area contributed by atoms with Gasteiger partial charge in [0.1, 0.15) is 5.75 Å². The lowest BCUT2D eigenvalue weighted by Gasteiger charge is -1.94. The highest BCUT2D eigenvalue weighted by Gasteiger charge is 2.04. The number of phenolic OH excluding ortho intramolecular Hbond substituents is 1. The Kier molecular flexibility index (Phi) is 1.09. The van der Waals surface area contributed by atoms with Crippen LogP contribution in [0.2, 0.25) is 0 Å². The van der Waals surface area contributed by atoms with Crippen LogP contribution in [0.5, 0.6) is 5.75 Å². The topological polar surface area (TPSA) is 61.8 Å². The van der Waals surface area contributed by atoms with Gasteiger partial charge in [-0.05, 0) is 18.6 Å². The standard InChI is InChI=1S/C7H7N3O/c1-4-2-3-5(11)7-6(4)8-10-9-7/h2-3,11H,1H3,(H,8,9,10). The van der Waals surface area contributed by atoms with Crippen molar-refractivity contribution in [3.8, 4) is 5.75 Å². The SMILES string of the molecule is Cc1ccc(O)c2nn[nH]c12. The number of nitrogens with zero attached hydrogens (tertiary/aromatic N) is 2. The van der Waals surface area contributed by atoms with Crippen molar-refractivity contribution in [1.29, 1.82) is 0 Å². The zero-order valence-corrected chi connectivity index (χ0v) is 6.00. The molecule has 0 amide bonds. The van der Waals surface area contributed by atoms with E-state index in [9.17, 15) is 5.11 Å². The van der Waals surface area contributed by atoms with Crippen molar-refractivity contribution in [1.82, 2.24) is 15.4 Å². The first-order valence-corrected chi connectivity index (χ1v) is 3.28. The van der Waals surface area contributed by atoms with Crippen LogP contribution in [0.15, 0.2) is 12.1 Å². The minimum Gasteiger partial charge on any atom is -0.506 e. The van der Waals surface area contributed by atoms with E-state index in [2.05, 4.69) is 15.4 Å². The molecule has 0 aliphatic rings. The first kappa shape index (κ1) is 6.15. The van der Waals surface area contributed by atoms with Crippen molar-refractivity contribution in [2.24, 2.45) is 0 Å². The summed E-state index contributed by atoms with van der Waals surface area (Å²) in [5.41, 5.74) is 2.36. The number of aromatic hydroxyl groups is 1. The minimum absolute atomic E-state index is 0.166. The fourth-order valence-electron chi connectivity index (χ4n) is 1.05. The van der Waals surface area contributed by atoms with E-state index < -0.39 is 0 Å². The number of phenols is 1. The molecule has 0 unspecified atom stereocenters. The smallest absolute Gasteiger partial charge is 0.154 e. The first-order valence-electron chi connectivity index (χ1n) is 3.28. The van der Waals surface area contributed by atoms with Crippen molar-refractivity contribution < 1.29 is 5.11 Å². The van der Waals surface area contributed by atoms with Crippen molar-refractivity contribution in [3.05, 3.63) is 17.7 Å². The number of aromatic nitrogens is 3. The van der Waals surface area contributed by atoms with Gasteiger partial charge < -0.3 is 5.11 Å². The fourth-order valence-corrected chi connectivity index (χ4v) is 1.05. The summed E-state index contributed by atoms with van der Waals surface area (Å²) in [6, 6.07) is 3.43. The molecular weight excluding hydrogens is 142 g/mol. The van der Waals surface area contributed by atoms with E-state index in [0.717, 1.165) is 11.1 Å². The molecule has 0 saturated heterocycles. The van der Waals surface area contributed by atoms with E-state index in [4.69, 9.17) is 0 Å². The highest BCUT2D eigenvalue weighted by atomic mass is 16.3. The third-order valence-corrected chi connectivity index (χ3v) is 1.68. The lowest BCUT2D eigenvalue weighted by atomic mass is 10.2. The number of hydrogen-bond acceptors (Lipinski definition) is 3. The number of fused-ring (bicyclic) bond motifs is 1. The van der Waals surface area contributed by atoms with Gasteiger partial charge in [0.25, 0.3) is 0 Å². The van der Waals surface area contributed by atoms with E-state index in [-0.39, 0.29) is 5.75 Å². The Labute approximate surface area is 62.9 Å². The summed E-state index contributed by atoms with van der Waals surface area (Å²) < 4.78 is 0. The molecule has 0 fully saturated rings. The Bertz CT molecular complexity index is 357. The van der Waals surface area contributed by atoms with Gasteiger partial charge >= 0.3 is 0 Å². The lowest BCUT2D eigenvalue weighted by Crippen LogP contribution is -1.76. The monoisotopic (exact) mass is 149 g/mol. The zero-order chi connectivity index (χ0) is 7.84. The summed E-state index contributed by atoms with van der Waals surface area (Å²) >= 11 is 0. The zero-order valence-electron chi connectivity index (χ0n) is 6.00. The van der Waals surface area contributed by atoms with Crippen LogP contribution >= 0.6 is 0 Å². The Hall–Kier alpha value is -1.58. The normalized spacial score (nSPS) is 10.6. The quantitative estimate of drug-likeness (QED) is 0.586. The van der Waals surface area contributed by atoms with Gasteiger partial charge in [-0.15, -0.1) is 5.10 Å². The van der Waals surface area contributed by atoms with E-state index >= 15 is 0 Å². The number of H-pyrrole nitrogens is 1. The summed E-state index contributed by atoms with van der Waals surface area (Å²) in [5.74, 6) is 0.166. The molecule has 1 heterocycles. The predicted octanol–water partition coefficient (Wildman–Crippen LogP) is 0.972. The molecule has 2 rings (SSSR count). The Morgan fingerprint density at radius 2 is 2.27 bits per heavy atom. The second kappa shape index (κ2) is 1.95. The second-order valence-corrected chi connectivity index (χ2v) is 2.44. The third kappa shape index (κ3) is 0.756. The maximum Gasteiger partial charge on any atom is 0.154 e. The maximum absolute atomic E-state index is 9.26. The molecular formula is C7H7N3O. The third-order valence-electron chi connectivity index (χ3n) is 1.68. The molecule has 0 saturated carbocycles. The van der Waals surface area contributed by atoms with Gasteiger partial charge in [-0.25, -0.2) is 0 Å². The van der Waals surface area contributed by atoms with Gasteiger partial charge in [0.05, 0.1) is 5.52 Å². The second-order valence-electron chi connectivity index (χ2n) is 2.44. The number of benzene rings is 1. The van der Waals surface area contributed by atoms with Crippen LogP contribution < -0.4 is 0 Å². The average molecular weight is 149 g/mol. The van der Waals surface area contributed by atoms with E-state index in [1.807, 2.05) is 13.0 Å². The first-order chi connectivity index (χ1) is 5.29. The fraction of sp³-hybridized carbons (Fsp3) is 0.143. The minimum atomic E-state index is 0.166. The molecule has 56 valence electrons. The van der Waals surface area contributed by atoms with Crippen LogP contribution in [0, 0.1) is 6.92 Å². The van der Waals surface area contributed by atoms with Crippen molar-refractivity contribution in [3.63, 3.8) is 0 Å². The Balaban J connectivity index is 2.96. The molecule has 4 nitrogen and oxygen atoms in total. The molecule has 0 aliphatic heterocycles. The van der Waals surface area contributed by atoms with E-state index in [1.165, 1.54) is 0 Å². The van der Waals surface area contributed by atoms with Crippen LogP contribution in [-0.4, -0.2) is 20.5 Å². The Morgan fingerprint density at radius 3 is 3.00 bits per heavy atom. The molecule has 11 heavy (non-hydrogen) atoms. The molecule has 2 aromatic rings. The Morgan fingerprint density at radius 1 is 1.45 bits per heavy atom. The molecule has 4 heteroatoms. The van der Waals surface area contributed by atoms with Crippen molar-refractivity contribution >= 4 is 11.0 Å². The highest BCUT2D eigenvalue weighted by molar-refractivity contribution is 5.82. The number of nitrogens with one attached hydrogen (secondary N) is 1. The predicted molar refractivity (Wildman–Crippen MR) is 40.3 cm³/mol. The molecule has 1 aromatic carbocycles. The van der Waals surface area contributed by atoms with E-state index in [1.54, 1.807) is 6.07 Å². The summed E-state index contributed by atoms with van der Waals surface area (Å²) in [7, 11) is 0. The molecule has 1 aromatic heterocycles. The van der Waals surface area contributed by atoms with Gasteiger partial charge in [0.2, 0.25) is 0 Å². The molecule has 0 radical (unpaired) electrons. The van der Waals surface area contributed by atoms with Gasteiger partial charge in [0, 0.05) is 0 Å². The van der Waals surface area contributed by atoms with Gasteiger partial charge in [-0.1, -0.05) is 11.3 Å². The van der Waals surface area contributed by atoms with Crippen LogP contribution in [0.4, 0.5) is 0 Å². The lowest BCUT2D eigenvalue weighted by molar-refractivity contribution is 0.480. The van der Waals surface area contributed by atoms with Gasteiger partial charge in [-0.3, -0.25) is 5.10 Å². The molecule has 0 bridgehead atoms. The van der Waals surface area contributed by atoms with E-state index in [0.29, 0.717) is 5.52 Å². The van der Waals surface area contributed by atoms with Crippen molar-refractivity contribution in [2.75, 3.05) is 0 Å². The summed E-state index contributed by atoms with van der Waals surface area (Å²) in [4.78, 5) is 0. The number of aromatic amines is 1. The van der Waals surface area contributed by atoms with Crippen LogP contribution in [0.25, 0.3) is 11.0 Å². The molecule has 0 atom stereocenters. The summed E-state index contributed by atoms with van der Waals surface area (Å²) in [5, 5.41) is 19.3. The molecule has 0 spiro atoms. The van der Waals surface area contributed by atoms with Crippen molar-refractivity contribution in [2.45, 2.75) is 6.92 Å². The number of hydrogen-bond donors (Lipinski definition) is 2.